The Labute approximate surface area is 126 Å². The highest BCUT2D eigenvalue weighted by molar-refractivity contribution is 5.97. The highest BCUT2D eigenvalue weighted by Crippen LogP contribution is 2.23. The normalized spacial score (nSPS) is 10.6. The van der Waals surface area contributed by atoms with Gasteiger partial charge in [0.1, 0.15) is 11.5 Å². The second-order valence-corrected chi connectivity index (χ2v) is 4.72. The van der Waals surface area contributed by atoms with E-state index in [4.69, 9.17) is 10.3 Å². The summed E-state index contributed by atoms with van der Waals surface area (Å²) in [5, 5.41) is 3.54. The van der Waals surface area contributed by atoms with Gasteiger partial charge in [-0.15, -0.1) is 0 Å². The van der Waals surface area contributed by atoms with Crippen LogP contribution in [0.3, 0.4) is 0 Å². The van der Waals surface area contributed by atoms with Crippen LogP contribution >= 0.6 is 0 Å². The highest BCUT2D eigenvalue weighted by atomic mass is 16.5. The van der Waals surface area contributed by atoms with Crippen molar-refractivity contribution in [3.63, 3.8) is 0 Å². The SMILES string of the molecule is Cc1nc(Cc2ccccc2)nc(C(N)=O)c1-c1ncno1. The summed E-state index contributed by atoms with van der Waals surface area (Å²) in [5.41, 5.74) is 7.51. The molecule has 0 saturated carbocycles. The lowest BCUT2D eigenvalue weighted by atomic mass is 10.1. The molecule has 3 rings (SSSR count). The first kappa shape index (κ1) is 13.9. The molecular weight excluding hydrogens is 282 g/mol. The van der Waals surface area contributed by atoms with Gasteiger partial charge >= 0.3 is 0 Å². The maximum atomic E-state index is 11.7. The molecule has 1 amide bonds. The van der Waals surface area contributed by atoms with Crippen molar-refractivity contribution < 1.29 is 9.32 Å². The van der Waals surface area contributed by atoms with Crippen molar-refractivity contribution in [2.75, 3.05) is 0 Å². The van der Waals surface area contributed by atoms with E-state index in [1.807, 2.05) is 30.3 Å². The summed E-state index contributed by atoms with van der Waals surface area (Å²) in [7, 11) is 0. The van der Waals surface area contributed by atoms with Crippen LogP contribution in [0.15, 0.2) is 41.2 Å². The lowest BCUT2D eigenvalue weighted by molar-refractivity contribution is 0.0995. The zero-order valence-corrected chi connectivity index (χ0v) is 11.9. The molecule has 22 heavy (non-hydrogen) atoms. The molecule has 0 bridgehead atoms. The fraction of sp³-hybridized carbons (Fsp3) is 0.133. The first-order valence-electron chi connectivity index (χ1n) is 6.63. The molecule has 0 radical (unpaired) electrons. The van der Waals surface area contributed by atoms with Crippen LogP contribution in [0.4, 0.5) is 0 Å². The molecule has 0 aliphatic heterocycles. The van der Waals surface area contributed by atoms with Crippen molar-refractivity contribution in [3.8, 4) is 11.5 Å². The Hall–Kier alpha value is -3.09. The zero-order chi connectivity index (χ0) is 15.5. The van der Waals surface area contributed by atoms with Crippen LogP contribution in [0.1, 0.15) is 27.6 Å². The quantitative estimate of drug-likeness (QED) is 0.782. The number of primary amides is 1. The molecule has 1 aromatic carbocycles. The number of nitrogens with zero attached hydrogens (tertiary/aromatic N) is 4. The second kappa shape index (κ2) is 5.72. The van der Waals surface area contributed by atoms with Gasteiger partial charge < -0.3 is 10.3 Å². The number of aromatic nitrogens is 4. The summed E-state index contributed by atoms with van der Waals surface area (Å²) in [5.74, 6) is 0.0336. The van der Waals surface area contributed by atoms with Crippen molar-refractivity contribution in [2.24, 2.45) is 5.73 Å². The number of aryl methyl sites for hydroxylation is 1. The molecule has 2 heterocycles. The van der Waals surface area contributed by atoms with Crippen LogP contribution in [0, 0.1) is 6.92 Å². The minimum absolute atomic E-state index is 0.0858. The van der Waals surface area contributed by atoms with Crippen LogP contribution < -0.4 is 5.73 Å². The van der Waals surface area contributed by atoms with Crippen LogP contribution in [-0.4, -0.2) is 26.0 Å². The molecular formula is C15H13N5O2. The van der Waals surface area contributed by atoms with Gasteiger partial charge in [-0.2, -0.15) is 4.98 Å². The van der Waals surface area contributed by atoms with Crippen LogP contribution in [-0.2, 0) is 6.42 Å². The highest BCUT2D eigenvalue weighted by Gasteiger charge is 2.21. The summed E-state index contributed by atoms with van der Waals surface area (Å²) in [6.07, 6.45) is 1.75. The average Bonchev–Trinajstić information content (AvgIpc) is 3.01. The van der Waals surface area contributed by atoms with Crippen LogP contribution in [0.2, 0.25) is 0 Å². The van der Waals surface area contributed by atoms with Gasteiger partial charge in [-0.05, 0) is 12.5 Å². The number of nitrogens with two attached hydrogens (primary N) is 1. The lowest BCUT2D eigenvalue weighted by Gasteiger charge is -2.08. The number of carbonyl (C=O) groups excluding carboxylic acids is 1. The van der Waals surface area contributed by atoms with Gasteiger partial charge in [0.05, 0.1) is 11.3 Å². The van der Waals surface area contributed by atoms with Crippen molar-refractivity contribution in [1.82, 2.24) is 20.1 Å². The smallest absolute Gasteiger partial charge is 0.268 e. The molecule has 0 spiro atoms. The molecule has 110 valence electrons. The summed E-state index contributed by atoms with van der Waals surface area (Å²) < 4.78 is 5.00. The van der Waals surface area contributed by atoms with Gasteiger partial charge in [0, 0.05) is 6.42 Å². The Morgan fingerprint density at radius 1 is 1.23 bits per heavy atom. The third-order valence-corrected chi connectivity index (χ3v) is 3.15. The Kier molecular flexibility index (Phi) is 3.61. The van der Waals surface area contributed by atoms with Gasteiger partial charge in [0.25, 0.3) is 11.8 Å². The zero-order valence-electron chi connectivity index (χ0n) is 11.9. The van der Waals surface area contributed by atoms with E-state index < -0.39 is 5.91 Å². The fourth-order valence-corrected chi connectivity index (χ4v) is 2.21. The van der Waals surface area contributed by atoms with Crippen molar-refractivity contribution in [1.29, 1.82) is 0 Å². The topological polar surface area (TPSA) is 108 Å². The Balaban J connectivity index is 2.06. The third-order valence-electron chi connectivity index (χ3n) is 3.15. The van der Waals surface area contributed by atoms with Crippen LogP contribution in [0.5, 0.6) is 0 Å². The number of hydrogen-bond donors (Lipinski definition) is 1. The number of hydrogen-bond acceptors (Lipinski definition) is 6. The molecule has 0 aliphatic carbocycles. The Morgan fingerprint density at radius 3 is 2.64 bits per heavy atom. The van der Waals surface area contributed by atoms with E-state index in [1.165, 1.54) is 6.33 Å². The molecule has 0 saturated heterocycles. The summed E-state index contributed by atoms with van der Waals surface area (Å²) in [4.78, 5) is 24.3. The van der Waals surface area contributed by atoms with E-state index in [1.54, 1.807) is 6.92 Å². The molecule has 0 fully saturated rings. The largest absolute Gasteiger partial charge is 0.364 e. The minimum atomic E-state index is -0.659. The first-order valence-corrected chi connectivity index (χ1v) is 6.63. The summed E-state index contributed by atoms with van der Waals surface area (Å²) >= 11 is 0. The Morgan fingerprint density at radius 2 is 2.00 bits per heavy atom. The minimum Gasteiger partial charge on any atom is -0.364 e. The van der Waals surface area contributed by atoms with Gasteiger partial charge in [-0.25, -0.2) is 9.97 Å². The predicted molar refractivity (Wildman–Crippen MR) is 77.8 cm³/mol. The molecule has 7 nitrogen and oxygen atoms in total. The maximum Gasteiger partial charge on any atom is 0.268 e. The van der Waals surface area contributed by atoms with E-state index >= 15 is 0 Å². The van der Waals surface area contributed by atoms with E-state index in [2.05, 4.69) is 20.1 Å². The monoisotopic (exact) mass is 295 g/mol. The maximum absolute atomic E-state index is 11.7. The Bertz CT molecular complexity index is 800. The number of benzene rings is 1. The molecule has 0 aliphatic rings. The van der Waals surface area contributed by atoms with Crippen molar-refractivity contribution in [3.05, 3.63) is 59.4 Å². The van der Waals surface area contributed by atoms with E-state index in [0.29, 0.717) is 23.5 Å². The van der Waals surface area contributed by atoms with Gasteiger partial charge in [-0.3, -0.25) is 4.79 Å². The number of rotatable bonds is 4. The molecule has 3 aromatic rings. The van der Waals surface area contributed by atoms with Crippen molar-refractivity contribution in [2.45, 2.75) is 13.3 Å². The van der Waals surface area contributed by atoms with E-state index in [-0.39, 0.29) is 11.6 Å². The van der Waals surface area contributed by atoms with E-state index in [9.17, 15) is 4.79 Å². The lowest BCUT2D eigenvalue weighted by Crippen LogP contribution is -2.18. The number of carbonyl (C=O) groups is 1. The molecule has 7 heteroatoms. The van der Waals surface area contributed by atoms with E-state index in [0.717, 1.165) is 5.56 Å². The number of amides is 1. The third kappa shape index (κ3) is 2.69. The predicted octanol–water partition coefficient (Wildman–Crippen LogP) is 1.52. The summed E-state index contributed by atoms with van der Waals surface area (Å²) in [6.45, 7) is 1.75. The molecule has 2 aromatic heterocycles. The fourth-order valence-electron chi connectivity index (χ4n) is 2.21. The first-order chi connectivity index (χ1) is 10.6. The molecule has 2 N–H and O–H groups in total. The van der Waals surface area contributed by atoms with Gasteiger partial charge in [-0.1, -0.05) is 35.5 Å². The summed E-state index contributed by atoms with van der Waals surface area (Å²) in [6, 6.07) is 9.74. The van der Waals surface area contributed by atoms with Gasteiger partial charge in [0.15, 0.2) is 6.33 Å². The second-order valence-electron chi connectivity index (χ2n) is 4.72. The standard InChI is InChI=1S/C15H13N5O2/c1-9-12(15-17-8-18-22-15)13(14(16)21)20-11(19-9)7-10-5-3-2-4-6-10/h2-6,8H,7H2,1H3,(H2,16,21). The molecule has 0 unspecified atom stereocenters. The average molecular weight is 295 g/mol. The van der Waals surface area contributed by atoms with Crippen molar-refractivity contribution >= 4 is 5.91 Å². The van der Waals surface area contributed by atoms with Gasteiger partial charge in [0.2, 0.25) is 0 Å². The van der Waals surface area contributed by atoms with Crippen LogP contribution in [0.25, 0.3) is 11.5 Å². The molecule has 0 atom stereocenters.